The van der Waals surface area contributed by atoms with Crippen LogP contribution in [-0.4, -0.2) is 9.78 Å². The van der Waals surface area contributed by atoms with Crippen molar-refractivity contribution in [2.75, 3.05) is 0 Å². The first kappa shape index (κ1) is 12.2. The molecule has 3 nitrogen and oxygen atoms in total. The predicted molar refractivity (Wildman–Crippen MR) is 71.0 cm³/mol. The fourth-order valence-electron chi connectivity index (χ4n) is 1.68. The summed E-state index contributed by atoms with van der Waals surface area (Å²) >= 11 is 1.72. The zero-order valence-corrected chi connectivity index (χ0v) is 10.9. The molecule has 1 heterocycles. The Kier molecular flexibility index (Phi) is 3.86. The molecular formula is C13H17N3S. The van der Waals surface area contributed by atoms with Crippen LogP contribution in [0.3, 0.4) is 0 Å². The van der Waals surface area contributed by atoms with Crippen LogP contribution in [0.1, 0.15) is 24.9 Å². The maximum atomic E-state index is 6.12. The summed E-state index contributed by atoms with van der Waals surface area (Å²) in [5.74, 6) is 0. The molecule has 4 heteroatoms. The van der Waals surface area contributed by atoms with Gasteiger partial charge in [0.25, 0.3) is 0 Å². The highest BCUT2D eigenvalue weighted by Crippen LogP contribution is 2.32. The van der Waals surface area contributed by atoms with Crippen molar-refractivity contribution in [1.29, 1.82) is 0 Å². The minimum atomic E-state index is 0.107. The van der Waals surface area contributed by atoms with Gasteiger partial charge in [0, 0.05) is 24.2 Å². The third-order valence-corrected chi connectivity index (χ3v) is 3.71. The van der Waals surface area contributed by atoms with Crippen molar-refractivity contribution in [2.24, 2.45) is 12.8 Å². The molecule has 0 radical (unpaired) electrons. The fraction of sp³-hybridized carbons (Fsp3) is 0.308. The quantitative estimate of drug-likeness (QED) is 0.903. The zero-order chi connectivity index (χ0) is 12.3. The average Bonchev–Trinajstić information content (AvgIpc) is 2.74. The van der Waals surface area contributed by atoms with Crippen LogP contribution in [0.5, 0.6) is 0 Å². The Morgan fingerprint density at radius 1 is 1.41 bits per heavy atom. The van der Waals surface area contributed by atoms with Gasteiger partial charge in [0.05, 0.1) is 11.1 Å². The molecule has 0 saturated carbocycles. The van der Waals surface area contributed by atoms with Gasteiger partial charge < -0.3 is 5.73 Å². The molecule has 0 saturated heterocycles. The molecule has 0 amide bonds. The second kappa shape index (κ2) is 5.38. The number of aryl methyl sites for hydroxylation is 1. The maximum Gasteiger partial charge on any atom is 0.0629 e. The lowest BCUT2D eigenvalue weighted by atomic mass is 10.1. The van der Waals surface area contributed by atoms with Crippen LogP contribution in [0.25, 0.3) is 0 Å². The van der Waals surface area contributed by atoms with E-state index in [0.29, 0.717) is 0 Å². The van der Waals surface area contributed by atoms with Crippen LogP contribution < -0.4 is 5.73 Å². The van der Waals surface area contributed by atoms with Gasteiger partial charge in [-0.1, -0.05) is 36.9 Å². The summed E-state index contributed by atoms with van der Waals surface area (Å²) in [5, 5.41) is 4.17. The number of hydrogen-bond donors (Lipinski definition) is 1. The topological polar surface area (TPSA) is 43.8 Å². The predicted octanol–water partition coefficient (Wildman–Crippen LogP) is 2.98. The number of nitrogens with two attached hydrogens (primary N) is 1. The van der Waals surface area contributed by atoms with Gasteiger partial charge in [-0.3, -0.25) is 4.68 Å². The molecule has 0 bridgehead atoms. The van der Waals surface area contributed by atoms with E-state index < -0.39 is 0 Å². The molecule has 2 N–H and O–H groups in total. The zero-order valence-electron chi connectivity index (χ0n) is 10.1. The highest BCUT2D eigenvalue weighted by molar-refractivity contribution is 7.99. The van der Waals surface area contributed by atoms with Crippen molar-refractivity contribution >= 4 is 11.8 Å². The molecule has 0 unspecified atom stereocenters. The Balaban J connectivity index is 2.26. The van der Waals surface area contributed by atoms with E-state index in [0.717, 1.165) is 11.3 Å². The van der Waals surface area contributed by atoms with Crippen LogP contribution in [0.2, 0.25) is 0 Å². The lowest BCUT2D eigenvalue weighted by Gasteiger charge is -2.13. The molecule has 90 valence electrons. The van der Waals surface area contributed by atoms with Crippen molar-refractivity contribution < 1.29 is 0 Å². The summed E-state index contributed by atoms with van der Waals surface area (Å²) in [7, 11) is 1.92. The lowest BCUT2D eigenvalue weighted by Crippen LogP contribution is -2.09. The molecule has 0 aliphatic rings. The van der Waals surface area contributed by atoms with Gasteiger partial charge in [0.2, 0.25) is 0 Å². The molecular weight excluding hydrogens is 230 g/mol. The van der Waals surface area contributed by atoms with Crippen molar-refractivity contribution in [3.8, 4) is 0 Å². The van der Waals surface area contributed by atoms with E-state index in [9.17, 15) is 0 Å². The van der Waals surface area contributed by atoms with E-state index in [2.05, 4.69) is 24.2 Å². The Morgan fingerprint density at radius 2 is 2.18 bits per heavy atom. The molecule has 2 rings (SSSR count). The summed E-state index contributed by atoms with van der Waals surface area (Å²) in [6.07, 6.45) is 4.84. The first-order valence-electron chi connectivity index (χ1n) is 5.71. The molecule has 0 aliphatic heterocycles. The van der Waals surface area contributed by atoms with Gasteiger partial charge in [-0.25, -0.2) is 0 Å². The summed E-state index contributed by atoms with van der Waals surface area (Å²) in [6.45, 7) is 2.11. The monoisotopic (exact) mass is 247 g/mol. The highest BCUT2D eigenvalue weighted by atomic mass is 32.2. The Bertz CT molecular complexity index is 493. The summed E-state index contributed by atoms with van der Waals surface area (Å²) in [6, 6.07) is 8.41. The van der Waals surface area contributed by atoms with Gasteiger partial charge in [-0.2, -0.15) is 5.10 Å². The molecule has 1 aromatic carbocycles. The van der Waals surface area contributed by atoms with Crippen LogP contribution in [0, 0.1) is 0 Å². The van der Waals surface area contributed by atoms with Gasteiger partial charge in [-0.05, 0) is 18.1 Å². The molecule has 1 atom stereocenters. The van der Waals surface area contributed by atoms with E-state index in [-0.39, 0.29) is 6.04 Å². The average molecular weight is 247 g/mol. The second-order valence-corrected chi connectivity index (χ2v) is 5.12. The molecule has 1 aromatic heterocycles. The van der Waals surface area contributed by atoms with Gasteiger partial charge in [-0.15, -0.1) is 0 Å². The van der Waals surface area contributed by atoms with Gasteiger partial charge in [0.15, 0.2) is 0 Å². The summed E-state index contributed by atoms with van der Waals surface area (Å²) < 4.78 is 1.81. The van der Waals surface area contributed by atoms with Crippen molar-refractivity contribution in [2.45, 2.75) is 29.2 Å². The maximum absolute atomic E-state index is 6.12. The number of benzene rings is 1. The first-order chi connectivity index (χ1) is 8.20. The van der Waals surface area contributed by atoms with E-state index in [4.69, 9.17) is 5.73 Å². The van der Waals surface area contributed by atoms with Crippen molar-refractivity contribution in [3.63, 3.8) is 0 Å². The van der Waals surface area contributed by atoms with Gasteiger partial charge >= 0.3 is 0 Å². The number of rotatable bonds is 4. The van der Waals surface area contributed by atoms with Crippen molar-refractivity contribution in [1.82, 2.24) is 9.78 Å². The Morgan fingerprint density at radius 3 is 2.82 bits per heavy atom. The summed E-state index contributed by atoms with van der Waals surface area (Å²) in [5.41, 5.74) is 7.33. The highest BCUT2D eigenvalue weighted by Gasteiger charge is 2.10. The lowest BCUT2D eigenvalue weighted by molar-refractivity contribution is 0.685. The van der Waals surface area contributed by atoms with Crippen LogP contribution in [0.4, 0.5) is 0 Å². The standard InChI is InChI=1S/C13H17N3S/c1-3-12(14)11-6-4-5-7-13(11)17-10-8-15-16(2)9-10/h4-9,12H,3,14H2,1-2H3/t12-/m0/s1. The molecule has 0 fully saturated rings. The SMILES string of the molecule is CC[C@H](N)c1ccccc1Sc1cnn(C)c1. The van der Waals surface area contributed by atoms with E-state index >= 15 is 0 Å². The number of aromatic nitrogens is 2. The minimum Gasteiger partial charge on any atom is -0.324 e. The minimum absolute atomic E-state index is 0.107. The van der Waals surface area contributed by atoms with Crippen LogP contribution in [-0.2, 0) is 7.05 Å². The molecule has 2 aromatic rings. The Labute approximate surface area is 106 Å². The molecule has 0 aliphatic carbocycles. The third-order valence-electron chi connectivity index (χ3n) is 2.67. The van der Waals surface area contributed by atoms with Gasteiger partial charge in [0.1, 0.15) is 0 Å². The van der Waals surface area contributed by atoms with Crippen LogP contribution in [0.15, 0.2) is 46.5 Å². The van der Waals surface area contributed by atoms with Crippen molar-refractivity contribution in [3.05, 3.63) is 42.2 Å². The fourth-order valence-corrected chi connectivity index (χ4v) is 2.72. The van der Waals surface area contributed by atoms with E-state index in [1.54, 1.807) is 11.8 Å². The largest absolute Gasteiger partial charge is 0.324 e. The normalized spacial score (nSPS) is 12.6. The number of hydrogen-bond acceptors (Lipinski definition) is 3. The van der Waals surface area contributed by atoms with E-state index in [1.165, 1.54) is 10.5 Å². The number of nitrogens with zero attached hydrogens (tertiary/aromatic N) is 2. The van der Waals surface area contributed by atoms with Crippen LogP contribution >= 0.6 is 11.8 Å². The molecule has 17 heavy (non-hydrogen) atoms. The van der Waals surface area contributed by atoms with E-state index in [1.807, 2.05) is 36.3 Å². The Hall–Kier alpha value is -1.26. The first-order valence-corrected chi connectivity index (χ1v) is 6.53. The smallest absolute Gasteiger partial charge is 0.0629 e. The summed E-state index contributed by atoms with van der Waals surface area (Å²) in [4.78, 5) is 2.36. The second-order valence-electron chi connectivity index (χ2n) is 4.00. The third kappa shape index (κ3) is 2.90. The molecule has 0 spiro atoms.